The van der Waals surface area contributed by atoms with Crippen LogP contribution in [0.25, 0.3) is 21.7 Å². The molecule has 5 nitrogen and oxygen atoms in total. The number of hydrogen-bond acceptors (Lipinski definition) is 4. The van der Waals surface area contributed by atoms with Gasteiger partial charge in [0.1, 0.15) is 0 Å². The van der Waals surface area contributed by atoms with Gasteiger partial charge < -0.3 is 19.9 Å². The molecule has 4 atom stereocenters. The number of halogens is 1. The number of aromatic nitrogens is 1. The Hall–Kier alpha value is -2.73. The van der Waals surface area contributed by atoms with Gasteiger partial charge in [0.25, 0.3) is 0 Å². The van der Waals surface area contributed by atoms with Crippen molar-refractivity contribution < 1.29 is 14.9 Å². The van der Waals surface area contributed by atoms with Crippen LogP contribution in [0.1, 0.15) is 47.8 Å². The summed E-state index contributed by atoms with van der Waals surface area (Å²) in [7, 11) is 0. The average Bonchev–Trinajstić information content (AvgIpc) is 3.50. The molecular weight excluding hydrogens is 472 g/mol. The summed E-state index contributed by atoms with van der Waals surface area (Å²) in [6.07, 6.45) is 4.40. The highest BCUT2D eigenvalue weighted by Gasteiger charge is 2.72. The molecule has 3 aromatic carbocycles. The van der Waals surface area contributed by atoms with Crippen molar-refractivity contribution in [2.45, 2.75) is 55.3 Å². The number of benzene rings is 3. The number of piperidine rings is 1. The molecular formula is C30H27ClN2O3. The minimum atomic E-state index is -0.978. The van der Waals surface area contributed by atoms with E-state index in [2.05, 4.69) is 34.1 Å². The van der Waals surface area contributed by atoms with Crippen LogP contribution >= 0.6 is 11.6 Å². The lowest BCUT2D eigenvalue weighted by atomic mass is 9.49. The molecule has 1 spiro atoms. The smallest absolute Gasteiger partial charge is 0.166 e. The van der Waals surface area contributed by atoms with Gasteiger partial charge >= 0.3 is 0 Å². The maximum atomic E-state index is 13.0. The van der Waals surface area contributed by atoms with Crippen molar-refractivity contribution in [3.8, 4) is 11.5 Å². The second-order valence-electron chi connectivity index (χ2n) is 11.8. The van der Waals surface area contributed by atoms with Crippen LogP contribution in [0.2, 0.25) is 5.02 Å². The number of nitrogens with one attached hydrogen (secondary N) is 1. The van der Waals surface area contributed by atoms with Crippen LogP contribution in [-0.2, 0) is 18.3 Å². The maximum Gasteiger partial charge on any atom is 0.166 e. The molecule has 2 aliphatic heterocycles. The molecule has 9 rings (SSSR count). The Morgan fingerprint density at radius 3 is 2.89 bits per heavy atom. The second-order valence-corrected chi connectivity index (χ2v) is 12.2. The molecule has 2 bridgehead atoms. The van der Waals surface area contributed by atoms with Crippen LogP contribution < -0.4 is 4.74 Å². The number of hydrogen-bond donors (Lipinski definition) is 3. The minimum Gasteiger partial charge on any atom is -0.504 e. The second kappa shape index (κ2) is 6.39. The molecule has 6 heteroatoms. The predicted molar refractivity (Wildman–Crippen MR) is 139 cm³/mol. The summed E-state index contributed by atoms with van der Waals surface area (Å²) in [6, 6.07) is 14.1. The van der Waals surface area contributed by atoms with Crippen molar-refractivity contribution in [2.75, 3.05) is 13.1 Å². The van der Waals surface area contributed by atoms with Gasteiger partial charge in [0.05, 0.1) is 27.2 Å². The third-order valence-corrected chi connectivity index (χ3v) is 10.4. The lowest BCUT2D eigenvalue weighted by molar-refractivity contribution is -0.173. The predicted octanol–water partition coefficient (Wildman–Crippen LogP) is 5.38. The summed E-state index contributed by atoms with van der Waals surface area (Å²) in [5.74, 6) is 1.50. The topological polar surface area (TPSA) is 68.7 Å². The van der Waals surface area contributed by atoms with E-state index in [1.807, 2.05) is 12.1 Å². The van der Waals surface area contributed by atoms with Gasteiger partial charge in [0.2, 0.25) is 0 Å². The molecule has 0 unspecified atom stereocenters. The Kier molecular flexibility index (Phi) is 3.61. The summed E-state index contributed by atoms with van der Waals surface area (Å²) in [4.78, 5) is 6.31. The minimum absolute atomic E-state index is 0.0306. The van der Waals surface area contributed by atoms with Gasteiger partial charge in [-0.3, -0.25) is 4.90 Å². The normalized spacial score (nSPS) is 31.9. The molecule has 3 aliphatic carbocycles. The van der Waals surface area contributed by atoms with Crippen LogP contribution in [0.4, 0.5) is 0 Å². The molecule has 5 aliphatic rings. The van der Waals surface area contributed by atoms with Crippen molar-refractivity contribution in [1.82, 2.24) is 9.88 Å². The SMILES string of the molecule is Oc1ccc2c3c1O[C@H]1c4[nH]c5c(ccc6cccc(Cl)c65)c4C[C@@]4(O)[C@@H](C2)N(CC2CC2)CC[C@]314. The summed E-state index contributed by atoms with van der Waals surface area (Å²) >= 11 is 6.72. The first kappa shape index (κ1) is 20.3. The molecule has 0 amide bonds. The van der Waals surface area contributed by atoms with E-state index in [0.29, 0.717) is 12.2 Å². The summed E-state index contributed by atoms with van der Waals surface area (Å²) < 4.78 is 6.71. The Morgan fingerprint density at radius 1 is 1.14 bits per heavy atom. The fourth-order valence-corrected chi connectivity index (χ4v) is 8.70. The standard InChI is InChI=1S/C30H27ClN2O3/c31-20-3-1-2-16-6-8-18-19-13-30(35)22-12-17-7-9-21(34)27-24(17)29(30,10-11-33(22)14-15-4-5-15)28(36-27)26(19)32-25(18)23(16)20/h1-3,6-9,15,22,28,32,34-35H,4-5,10-14H2/t22-,28+,29+,30-/m1/s1. The Bertz CT molecular complexity index is 1640. The first-order valence-electron chi connectivity index (χ1n) is 13.2. The number of nitrogens with zero attached hydrogens (tertiary/aromatic N) is 1. The van der Waals surface area contributed by atoms with Gasteiger partial charge in [0.15, 0.2) is 17.6 Å². The van der Waals surface area contributed by atoms with Crippen LogP contribution in [0.15, 0.2) is 42.5 Å². The van der Waals surface area contributed by atoms with E-state index in [1.165, 1.54) is 18.4 Å². The van der Waals surface area contributed by atoms with E-state index < -0.39 is 11.0 Å². The Labute approximate surface area is 213 Å². The zero-order chi connectivity index (χ0) is 24.0. The molecule has 2 fully saturated rings. The number of phenolic OH excluding ortho intramolecular Hbond substituents is 1. The van der Waals surface area contributed by atoms with Crippen molar-refractivity contribution in [2.24, 2.45) is 5.92 Å². The largest absolute Gasteiger partial charge is 0.504 e. The molecule has 1 saturated heterocycles. The number of rotatable bonds is 2. The number of aliphatic hydroxyl groups is 1. The molecule has 36 heavy (non-hydrogen) atoms. The van der Waals surface area contributed by atoms with Crippen molar-refractivity contribution in [1.29, 1.82) is 0 Å². The van der Waals surface area contributed by atoms with Gasteiger partial charge in [-0.1, -0.05) is 41.9 Å². The summed E-state index contributed by atoms with van der Waals surface area (Å²) in [6.45, 7) is 2.01. The van der Waals surface area contributed by atoms with Crippen LogP contribution in [0.5, 0.6) is 11.5 Å². The fraction of sp³-hybridized carbons (Fsp3) is 0.400. The molecule has 0 radical (unpaired) electrons. The number of likely N-dealkylation sites (tertiary alicyclic amines) is 1. The Morgan fingerprint density at radius 2 is 2.03 bits per heavy atom. The van der Waals surface area contributed by atoms with Crippen LogP contribution in [-0.4, -0.2) is 44.8 Å². The van der Waals surface area contributed by atoms with Gasteiger partial charge in [-0.2, -0.15) is 0 Å². The third-order valence-electron chi connectivity index (χ3n) is 10.1. The number of phenols is 1. The van der Waals surface area contributed by atoms with E-state index >= 15 is 0 Å². The van der Waals surface area contributed by atoms with Gasteiger partial charge in [-0.25, -0.2) is 0 Å². The first-order valence-corrected chi connectivity index (χ1v) is 13.6. The highest BCUT2D eigenvalue weighted by molar-refractivity contribution is 6.37. The van der Waals surface area contributed by atoms with E-state index in [4.69, 9.17) is 16.3 Å². The van der Waals surface area contributed by atoms with Crippen molar-refractivity contribution in [3.63, 3.8) is 0 Å². The number of aromatic hydroxyl groups is 1. The van der Waals surface area contributed by atoms with E-state index in [1.54, 1.807) is 6.07 Å². The highest BCUT2D eigenvalue weighted by Crippen LogP contribution is 2.69. The summed E-state index contributed by atoms with van der Waals surface area (Å²) in [5.41, 5.74) is 3.87. The number of aromatic amines is 1. The molecule has 182 valence electrons. The first-order chi connectivity index (χ1) is 17.5. The maximum absolute atomic E-state index is 13.0. The highest BCUT2D eigenvalue weighted by atomic mass is 35.5. The van der Waals surface area contributed by atoms with Gasteiger partial charge in [0, 0.05) is 35.3 Å². The molecule has 3 heterocycles. The van der Waals surface area contributed by atoms with E-state index in [0.717, 1.165) is 75.4 Å². The van der Waals surface area contributed by atoms with Crippen molar-refractivity contribution in [3.05, 3.63) is 69.9 Å². The summed E-state index contributed by atoms with van der Waals surface area (Å²) in [5, 5.41) is 27.8. The monoisotopic (exact) mass is 498 g/mol. The lowest BCUT2D eigenvalue weighted by Gasteiger charge is -2.62. The van der Waals surface area contributed by atoms with Gasteiger partial charge in [-0.15, -0.1) is 0 Å². The van der Waals surface area contributed by atoms with E-state index in [9.17, 15) is 10.2 Å². The third kappa shape index (κ3) is 2.19. The average molecular weight is 499 g/mol. The quantitative estimate of drug-likeness (QED) is 0.347. The zero-order valence-electron chi connectivity index (χ0n) is 19.9. The zero-order valence-corrected chi connectivity index (χ0v) is 20.6. The number of H-pyrrole nitrogens is 1. The molecule has 3 N–H and O–H groups in total. The molecule has 1 saturated carbocycles. The molecule has 4 aromatic rings. The van der Waals surface area contributed by atoms with Crippen LogP contribution in [0, 0.1) is 5.92 Å². The Balaban J connectivity index is 1.35. The van der Waals surface area contributed by atoms with Crippen LogP contribution in [0.3, 0.4) is 0 Å². The lowest BCUT2D eigenvalue weighted by Crippen LogP contribution is -2.74. The number of fused-ring (bicyclic) bond motifs is 6. The molecule has 1 aromatic heterocycles. The van der Waals surface area contributed by atoms with Gasteiger partial charge in [-0.05, 0) is 66.8 Å². The fourth-order valence-electron chi connectivity index (χ4n) is 8.42. The number of ether oxygens (including phenoxy) is 1. The van der Waals surface area contributed by atoms with Crippen molar-refractivity contribution >= 4 is 33.3 Å². The van der Waals surface area contributed by atoms with E-state index in [-0.39, 0.29) is 17.9 Å².